The Kier molecular flexibility index (Phi) is 3.69. The fourth-order valence-electron chi connectivity index (χ4n) is 1.79. The second kappa shape index (κ2) is 5.28. The molecule has 0 radical (unpaired) electrons. The number of carbonyl (C=O) groups is 1. The predicted molar refractivity (Wildman–Crippen MR) is 71.2 cm³/mol. The molecule has 2 aromatic heterocycles. The smallest absolute Gasteiger partial charge is 0.341 e. The molecule has 0 aliphatic heterocycles. The van der Waals surface area contributed by atoms with Crippen molar-refractivity contribution in [3.63, 3.8) is 0 Å². The molecule has 0 spiro atoms. The van der Waals surface area contributed by atoms with Gasteiger partial charge in [-0.3, -0.25) is 0 Å². The Labute approximate surface area is 116 Å². The first-order valence-corrected chi connectivity index (χ1v) is 6.12. The van der Waals surface area contributed by atoms with E-state index < -0.39 is 12.6 Å². The van der Waals surface area contributed by atoms with E-state index in [1.807, 2.05) is 26.8 Å². The molecule has 1 N–H and O–H groups in total. The minimum atomic E-state index is -1.05. The van der Waals surface area contributed by atoms with Gasteiger partial charge in [0.1, 0.15) is 0 Å². The molecule has 0 amide bonds. The Bertz CT molecular complexity index is 664. The molecule has 0 atom stereocenters. The van der Waals surface area contributed by atoms with E-state index in [0.29, 0.717) is 5.95 Å². The summed E-state index contributed by atoms with van der Waals surface area (Å²) in [5, 5.41) is 13.0. The van der Waals surface area contributed by atoms with E-state index >= 15 is 0 Å². The van der Waals surface area contributed by atoms with Crippen molar-refractivity contribution in [3.8, 4) is 11.8 Å². The molecule has 0 bridgehead atoms. The van der Waals surface area contributed by atoms with Gasteiger partial charge in [0.25, 0.3) is 5.95 Å². The third-order valence-corrected chi connectivity index (χ3v) is 2.86. The number of aryl methyl sites for hydroxylation is 3. The maximum atomic E-state index is 10.6. The largest absolute Gasteiger partial charge is 0.479 e. The van der Waals surface area contributed by atoms with Gasteiger partial charge in [-0.2, -0.15) is 10.1 Å². The average Bonchev–Trinajstić information content (AvgIpc) is 2.70. The van der Waals surface area contributed by atoms with Crippen LogP contribution in [0.5, 0.6) is 5.88 Å². The van der Waals surface area contributed by atoms with Gasteiger partial charge in [0.05, 0.1) is 5.69 Å². The lowest BCUT2D eigenvalue weighted by Gasteiger charge is -2.10. The van der Waals surface area contributed by atoms with Gasteiger partial charge < -0.3 is 9.84 Å². The Morgan fingerprint density at radius 1 is 1.30 bits per heavy atom. The molecular formula is C13H16N4O3. The van der Waals surface area contributed by atoms with Crippen LogP contribution < -0.4 is 4.74 Å². The average molecular weight is 276 g/mol. The van der Waals surface area contributed by atoms with Crippen molar-refractivity contribution in [2.45, 2.75) is 27.7 Å². The molecule has 7 heteroatoms. The summed E-state index contributed by atoms with van der Waals surface area (Å²) in [4.78, 5) is 19.2. The Morgan fingerprint density at radius 3 is 2.55 bits per heavy atom. The van der Waals surface area contributed by atoms with Crippen LogP contribution in [0, 0.1) is 27.7 Å². The molecule has 7 nitrogen and oxygen atoms in total. The molecule has 2 rings (SSSR count). The summed E-state index contributed by atoms with van der Waals surface area (Å²) in [6, 6.07) is 1.91. The van der Waals surface area contributed by atoms with E-state index in [1.54, 1.807) is 11.6 Å². The zero-order valence-electron chi connectivity index (χ0n) is 11.8. The number of aliphatic carboxylic acids is 1. The summed E-state index contributed by atoms with van der Waals surface area (Å²) in [6.45, 7) is 6.95. The quantitative estimate of drug-likeness (QED) is 0.906. The topological polar surface area (TPSA) is 90.1 Å². The first-order valence-electron chi connectivity index (χ1n) is 6.12. The molecule has 2 aromatic rings. The summed E-state index contributed by atoms with van der Waals surface area (Å²) < 4.78 is 6.80. The molecule has 0 aliphatic carbocycles. The molecular weight excluding hydrogens is 260 g/mol. The van der Waals surface area contributed by atoms with Crippen LogP contribution in [0.3, 0.4) is 0 Å². The molecule has 106 valence electrons. The minimum absolute atomic E-state index is 0.266. The standard InChI is InChI=1S/C13H16N4O3/c1-7-5-8(2)17(16-7)13-14-10(4)9(3)12(15-13)20-6-11(18)19/h5H,6H2,1-4H3,(H,18,19). The van der Waals surface area contributed by atoms with Gasteiger partial charge in [0.2, 0.25) is 5.88 Å². The SMILES string of the molecule is Cc1cc(C)n(-c2nc(C)c(C)c(OCC(=O)O)n2)n1. The van der Waals surface area contributed by atoms with Crippen molar-refractivity contribution in [3.05, 3.63) is 28.7 Å². The second-order valence-corrected chi connectivity index (χ2v) is 4.56. The van der Waals surface area contributed by atoms with Crippen LogP contribution in [-0.4, -0.2) is 37.4 Å². The van der Waals surface area contributed by atoms with E-state index in [0.717, 1.165) is 22.6 Å². The summed E-state index contributed by atoms with van der Waals surface area (Å²) in [7, 11) is 0. The second-order valence-electron chi connectivity index (χ2n) is 4.56. The monoisotopic (exact) mass is 276 g/mol. The zero-order chi connectivity index (χ0) is 14.9. The molecule has 20 heavy (non-hydrogen) atoms. The van der Waals surface area contributed by atoms with E-state index in [4.69, 9.17) is 9.84 Å². The van der Waals surface area contributed by atoms with E-state index in [1.165, 1.54) is 0 Å². The van der Waals surface area contributed by atoms with Crippen molar-refractivity contribution < 1.29 is 14.6 Å². The van der Waals surface area contributed by atoms with Gasteiger partial charge >= 0.3 is 5.97 Å². The Balaban J connectivity index is 2.45. The normalized spacial score (nSPS) is 10.6. The molecule has 0 saturated carbocycles. The van der Waals surface area contributed by atoms with E-state index in [2.05, 4.69) is 15.1 Å². The van der Waals surface area contributed by atoms with Crippen LogP contribution in [0.1, 0.15) is 22.6 Å². The van der Waals surface area contributed by atoms with Gasteiger partial charge in [0.15, 0.2) is 6.61 Å². The van der Waals surface area contributed by atoms with Crippen molar-refractivity contribution in [2.24, 2.45) is 0 Å². The van der Waals surface area contributed by atoms with Crippen LogP contribution >= 0.6 is 0 Å². The number of rotatable bonds is 4. The van der Waals surface area contributed by atoms with Crippen LogP contribution in [0.25, 0.3) is 5.95 Å². The highest BCUT2D eigenvalue weighted by atomic mass is 16.5. The van der Waals surface area contributed by atoms with Crippen molar-refractivity contribution in [2.75, 3.05) is 6.61 Å². The number of nitrogens with zero attached hydrogens (tertiary/aromatic N) is 4. The van der Waals surface area contributed by atoms with Crippen LogP contribution in [-0.2, 0) is 4.79 Å². The maximum Gasteiger partial charge on any atom is 0.341 e. The molecule has 0 aromatic carbocycles. The van der Waals surface area contributed by atoms with Crippen LogP contribution in [0.4, 0.5) is 0 Å². The van der Waals surface area contributed by atoms with Crippen molar-refractivity contribution in [1.82, 2.24) is 19.7 Å². The number of hydrogen-bond acceptors (Lipinski definition) is 5. The summed E-state index contributed by atoms with van der Waals surface area (Å²) in [6.07, 6.45) is 0. The number of aromatic nitrogens is 4. The van der Waals surface area contributed by atoms with Gasteiger partial charge in [0, 0.05) is 17.0 Å². The fourth-order valence-corrected chi connectivity index (χ4v) is 1.79. The van der Waals surface area contributed by atoms with Crippen LogP contribution in [0.15, 0.2) is 6.07 Å². The highest BCUT2D eigenvalue weighted by Crippen LogP contribution is 2.19. The minimum Gasteiger partial charge on any atom is -0.479 e. The molecule has 2 heterocycles. The third kappa shape index (κ3) is 2.76. The molecule has 0 saturated heterocycles. The molecule has 0 unspecified atom stereocenters. The van der Waals surface area contributed by atoms with Crippen molar-refractivity contribution >= 4 is 5.97 Å². The van der Waals surface area contributed by atoms with Gasteiger partial charge in [-0.05, 0) is 33.8 Å². The summed E-state index contributed by atoms with van der Waals surface area (Å²) >= 11 is 0. The Hall–Kier alpha value is -2.44. The maximum absolute atomic E-state index is 10.6. The van der Waals surface area contributed by atoms with Gasteiger partial charge in [-0.15, -0.1) is 0 Å². The van der Waals surface area contributed by atoms with E-state index in [-0.39, 0.29) is 5.88 Å². The van der Waals surface area contributed by atoms with Gasteiger partial charge in [-0.1, -0.05) is 0 Å². The fraction of sp³-hybridized carbons (Fsp3) is 0.385. The third-order valence-electron chi connectivity index (χ3n) is 2.86. The van der Waals surface area contributed by atoms with Gasteiger partial charge in [-0.25, -0.2) is 14.5 Å². The highest BCUT2D eigenvalue weighted by Gasteiger charge is 2.14. The summed E-state index contributed by atoms with van der Waals surface area (Å²) in [5.41, 5.74) is 3.20. The first-order chi connectivity index (χ1) is 9.38. The number of carboxylic acid groups (broad SMARTS) is 1. The number of ether oxygens (including phenoxy) is 1. The molecule has 0 aliphatic rings. The van der Waals surface area contributed by atoms with Crippen LogP contribution in [0.2, 0.25) is 0 Å². The summed E-state index contributed by atoms with van der Waals surface area (Å²) in [5.74, 6) is -0.408. The zero-order valence-corrected chi connectivity index (χ0v) is 11.8. The molecule has 0 fully saturated rings. The lowest BCUT2D eigenvalue weighted by Crippen LogP contribution is -2.14. The van der Waals surface area contributed by atoms with Crippen molar-refractivity contribution in [1.29, 1.82) is 0 Å². The number of hydrogen-bond donors (Lipinski definition) is 1. The predicted octanol–water partition coefficient (Wildman–Crippen LogP) is 1.36. The highest BCUT2D eigenvalue weighted by molar-refractivity contribution is 5.68. The lowest BCUT2D eigenvalue weighted by molar-refractivity contribution is -0.139. The van der Waals surface area contributed by atoms with E-state index in [9.17, 15) is 4.79 Å². The number of carboxylic acids is 1. The lowest BCUT2D eigenvalue weighted by atomic mass is 10.2. The Morgan fingerprint density at radius 2 is 2.00 bits per heavy atom. The first kappa shape index (κ1) is 14.0.